The topological polar surface area (TPSA) is 113 Å². The average molecular weight is 303 g/mol. The minimum Gasteiger partial charge on any atom is -0.504 e. The van der Waals surface area contributed by atoms with Crippen molar-refractivity contribution in [1.29, 1.82) is 0 Å². The molecule has 0 aliphatic carbocycles. The molecule has 0 aliphatic heterocycles. The van der Waals surface area contributed by atoms with Gasteiger partial charge in [-0.3, -0.25) is 19.7 Å². The largest absolute Gasteiger partial charge is 0.504 e. The Morgan fingerprint density at radius 2 is 1.89 bits per heavy atom. The van der Waals surface area contributed by atoms with Crippen LogP contribution in [0.15, 0.2) is 21.7 Å². The normalized spacial score (nSPS) is 10.6. The van der Waals surface area contributed by atoms with E-state index < -0.39 is 37.8 Å². The molecule has 0 radical (unpaired) electrons. The first kappa shape index (κ1) is 13.3. The van der Waals surface area contributed by atoms with Gasteiger partial charge in [-0.15, -0.1) is 0 Å². The fourth-order valence-corrected chi connectivity index (χ4v) is 2.02. The Balaban J connectivity index is 3.27. The highest BCUT2D eigenvalue weighted by Gasteiger charge is 2.24. The predicted molar refractivity (Wildman–Crippen MR) is 69.2 cm³/mol. The van der Waals surface area contributed by atoms with Gasteiger partial charge in [-0.2, -0.15) is 0 Å². The number of halogens is 2. The lowest BCUT2D eigenvalue weighted by Gasteiger charge is -2.00. The summed E-state index contributed by atoms with van der Waals surface area (Å²) < 4.78 is 0. The summed E-state index contributed by atoms with van der Waals surface area (Å²) in [6.45, 7) is 0. The molecular formula is C10H4Cl2N2O5. The van der Waals surface area contributed by atoms with E-state index in [0.717, 1.165) is 6.07 Å². The van der Waals surface area contributed by atoms with E-state index in [2.05, 4.69) is 4.98 Å². The number of fused-ring (bicyclic) bond motifs is 1. The van der Waals surface area contributed by atoms with Crippen LogP contribution >= 0.6 is 23.2 Å². The van der Waals surface area contributed by atoms with Crippen molar-refractivity contribution in [3.63, 3.8) is 0 Å². The van der Waals surface area contributed by atoms with Crippen LogP contribution in [-0.4, -0.2) is 15.0 Å². The lowest BCUT2D eigenvalue weighted by Crippen LogP contribution is -2.02. The van der Waals surface area contributed by atoms with E-state index in [4.69, 9.17) is 23.2 Å². The van der Waals surface area contributed by atoms with Crippen molar-refractivity contribution in [2.75, 3.05) is 0 Å². The predicted octanol–water partition coefficient (Wildman–Crippen LogP) is 1.81. The van der Waals surface area contributed by atoms with Crippen molar-refractivity contribution in [2.45, 2.75) is 0 Å². The van der Waals surface area contributed by atoms with Gasteiger partial charge in [0.2, 0.25) is 5.43 Å². The number of H-pyrrole nitrogens is 1. The lowest BCUT2D eigenvalue weighted by atomic mass is 10.2. The summed E-state index contributed by atoms with van der Waals surface area (Å²) >= 11 is 11.4. The molecule has 2 N–H and O–H groups in total. The lowest BCUT2D eigenvalue weighted by molar-refractivity contribution is -0.382. The molecule has 1 aromatic heterocycles. The van der Waals surface area contributed by atoms with Crippen molar-refractivity contribution < 1.29 is 10.0 Å². The van der Waals surface area contributed by atoms with Crippen LogP contribution in [0.3, 0.4) is 0 Å². The molecule has 0 saturated heterocycles. The van der Waals surface area contributed by atoms with Crippen LogP contribution in [0.1, 0.15) is 0 Å². The third-order valence-corrected chi connectivity index (χ3v) is 3.14. The average Bonchev–Trinajstić information content (AvgIpc) is 2.39. The molecule has 0 saturated carbocycles. The molecule has 0 fully saturated rings. The van der Waals surface area contributed by atoms with Gasteiger partial charge in [0.05, 0.1) is 15.5 Å². The van der Waals surface area contributed by atoms with Crippen LogP contribution in [-0.2, 0) is 0 Å². The number of nitro groups is 1. The summed E-state index contributed by atoms with van der Waals surface area (Å²) in [4.78, 5) is 35.5. The summed E-state index contributed by atoms with van der Waals surface area (Å²) in [7, 11) is 0. The summed E-state index contributed by atoms with van der Waals surface area (Å²) in [5.41, 5.74) is -2.84. The van der Waals surface area contributed by atoms with E-state index >= 15 is 0 Å². The van der Waals surface area contributed by atoms with Crippen LogP contribution in [0.5, 0.6) is 5.75 Å². The van der Waals surface area contributed by atoms with E-state index in [1.165, 1.54) is 0 Å². The molecule has 1 heterocycles. The van der Waals surface area contributed by atoms with Crippen LogP contribution in [0, 0.1) is 10.1 Å². The maximum Gasteiger partial charge on any atom is 0.302 e. The van der Waals surface area contributed by atoms with Crippen molar-refractivity contribution in [1.82, 2.24) is 4.98 Å². The Bertz CT molecular complexity index is 831. The number of hydrogen-bond acceptors (Lipinski definition) is 5. The fraction of sp³-hybridized carbons (Fsp3) is 0. The summed E-state index contributed by atoms with van der Waals surface area (Å²) in [6, 6.07) is 1.72. The number of aromatic nitrogens is 1. The second-order valence-electron chi connectivity index (χ2n) is 3.55. The maximum atomic E-state index is 11.9. The third kappa shape index (κ3) is 2.13. The quantitative estimate of drug-likeness (QED) is 0.616. The molecule has 2 aromatic rings. The van der Waals surface area contributed by atoms with Crippen LogP contribution in [0.4, 0.5) is 5.69 Å². The van der Waals surface area contributed by atoms with Crippen molar-refractivity contribution >= 4 is 39.8 Å². The zero-order valence-corrected chi connectivity index (χ0v) is 10.4. The van der Waals surface area contributed by atoms with Gasteiger partial charge in [0.25, 0.3) is 5.56 Å². The number of hydrogen-bond donors (Lipinski definition) is 2. The standard InChI is InChI=1S/C10H4Cl2N2O5/c11-3-1-4-7(9(8(3)12)14(18)19)10(17)5(15)2-6(16)13-4/h1-2H,(H,13,16)(H,15,17). The monoisotopic (exact) mass is 302 g/mol. The number of nitro benzene ring substituents is 1. The molecule has 19 heavy (non-hydrogen) atoms. The molecule has 0 spiro atoms. The van der Waals surface area contributed by atoms with Gasteiger partial charge < -0.3 is 10.1 Å². The number of nitrogens with zero attached hydrogens (tertiary/aromatic N) is 1. The second kappa shape index (κ2) is 4.52. The molecule has 0 aliphatic rings. The van der Waals surface area contributed by atoms with E-state index in [0.29, 0.717) is 6.07 Å². The molecular weight excluding hydrogens is 299 g/mol. The number of aromatic amines is 1. The Hall–Kier alpha value is -2.12. The Morgan fingerprint density at radius 1 is 1.26 bits per heavy atom. The van der Waals surface area contributed by atoms with Crippen molar-refractivity contribution in [3.8, 4) is 5.75 Å². The zero-order chi connectivity index (χ0) is 14.3. The first-order valence-electron chi connectivity index (χ1n) is 4.75. The van der Waals surface area contributed by atoms with E-state index in [1.54, 1.807) is 0 Å². The number of aromatic hydroxyl groups is 1. The van der Waals surface area contributed by atoms with Gasteiger partial charge in [-0.25, -0.2) is 0 Å². The van der Waals surface area contributed by atoms with E-state index in [-0.39, 0.29) is 10.5 Å². The second-order valence-corrected chi connectivity index (χ2v) is 4.33. The molecule has 98 valence electrons. The third-order valence-electron chi connectivity index (χ3n) is 2.36. The van der Waals surface area contributed by atoms with Crippen LogP contribution in [0.25, 0.3) is 10.9 Å². The molecule has 2 rings (SSSR count). The van der Waals surface area contributed by atoms with Crippen LogP contribution < -0.4 is 11.0 Å². The highest BCUT2D eigenvalue weighted by Crippen LogP contribution is 2.36. The smallest absolute Gasteiger partial charge is 0.302 e. The number of nitrogens with one attached hydrogen (secondary N) is 1. The molecule has 9 heteroatoms. The molecule has 7 nitrogen and oxygen atoms in total. The summed E-state index contributed by atoms with van der Waals surface area (Å²) in [5.74, 6) is -0.919. The van der Waals surface area contributed by atoms with E-state index in [9.17, 15) is 24.8 Å². The Morgan fingerprint density at radius 3 is 2.47 bits per heavy atom. The molecule has 0 unspecified atom stereocenters. The summed E-state index contributed by atoms with van der Waals surface area (Å²) in [6.07, 6.45) is 0. The van der Waals surface area contributed by atoms with Gasteiger partial charge in [0, 0.05) is 6.07 Å². The minimum absolute atomic E-state index is 0.184. The molecule has 0 bridgehead atoms. The minimum atomic E-state index is -1.08. The maximum absolute atomic E-state index is 11.9. The molecule has 0 atom stereocenters. The van der Waals surface area contributed by atoms with Gasteiger partial charge >= 0.3 is 5.69 Å². The van der Waals surface area contributed by atoms with E-state index in [1.807, 2.05) is 0 Å². The fourth-order valence-electron chi connectivity index (χ4n) is 1.60. The zero-order valence-electron chi connectivity index (χ0n) is 8.94. The van der Waals surface area contributed by atoms with Gasteiger partial charge in [0.1, 0.15) is 10.4 Å². The molecule has 1 aromatic carbocycles. The first-order chi connectivity index (χ1) is 8.82. The highest BCUT2D eigenvalue weighted by molar-refractivity contribution is 6.44. The van der Waals surface area contributed by atoms with Crippen LogP contribution in [0.2, 0.25) is 10.0 Å². The number of benzene rings is 1. The number of rotatable bonds is 1. The summed E-state index contributed by atoms with van der Waals surface area (Å²) in [5, 5.41) is 19.2. The highest BCUT2D eigenvalue weighted by atomic mass is 35.5. The SMILES string of the molecule is O=c1cc(O)c(=O)c2c([N+](=O)[O-])c(Cl)c(Cl)cc2[nH]1. The molecule has 0 amide bonds. The first-order valence-corrected chi connectivity index (χ1v) is 5.51. The van der Waals surface area contributed by atoms with Crippen molar-refractivity contribution in [2.24, 2.45) is 0 Å². The Kier molecular flexibility index (Phi) is 3.17. The van der Waals surface area contributed by atoms with Crippen molar-refractivity contribution in [3.05, 3.63) is 52.9 Å². The van der Waals surface area contributed by atoms with Gasteiger partial charge in [0.15, 0.2) is 5.75 Å². The Labute approximate surface area is 114 Å². The van der Waals surface area contributed by atoms with Gasteiger partial charge in [-0.05, 0) is 6.07 Å². The van der Waals surface area contributed by atoms with Gasteiger partial charge in [-0.1, -0.05) is 23.2 Å².